The molecular weight excluding hydrogens is 484 g/mol. The summed E-state index contributed by atoms with van der Waals surface area (Å²) in [5.41, 5.74) is 6.58. The average Bonchev–Trinajstić information content (AvgIpc) is 3.81. The Balaban J connectivity index is 0.000000211. The number of hydrogen-bond donors (Lipinski definition) is 2. The number of carbonyl (C=O) groups excluding carboxylic acids is 2. The van der Waals surface area contributed by atoms with Gasteiger partial charge in [-0.05, 0) is 91.4 Å². The van der Waals surface area contributed by atoms with Crippen LogP contribution in [0.3, 0.4) is 0 Å². The standard InChI is InChI=1S/2C15H19NO3/c1-4-15(17)16-7-12-5-11(3)14(6-10(12)2)19-9-13-8-18-13;1-4-15(17)16-7-14-10(2)5-12(6-11(14)3)18-8-13-9-19-13/h2*4-6,13H,1,7-9H2,2-3H3,(H,16,17). The maximum atomic E-state index is 11.2. The molecule has 2 saturated heterocycles. The number of amides is 2. The minimum Gasteiger partial charge on any atom is -0.491 e. The van der Waals surface area contributed by atoms with Crippen LogP contribution < -0.4 is 20.1 Å². The van der Waals surface area contributed by atoms with Crippen LogP contribution in [0.5, 0.6) is 11.5 Å². The number of carbonyl (C=O) groups is 2. The van der Waals surface area contributed by atoms with Gasteiger partial charge in [-0.25, -0.2) is 0 Å². The first-order chi connectivity index (χ1) is 18.2. The number of aryl methyl sites for hydroxylation is 4. The SMILES string of the molecule is C=CC(=O)NCc1c(C)cc(OCC2CO2)cc1C.C=CC(=O)NCc1cc(C)c(OCC2CO2)cc1C. The third kappa shape index (κ3) is 9.36. The second kappa shape index (κ2) is 13.8. The summed E-state index contributed by atoms with van der Waals surface area (Å²) < 4.78 is 21.6. The molecule has 0 aliphatic carbocycles. The molecule has 2 heterocycles. The molecule has 2 aromatic rings. The molecule has 8 heteroatoms. The Morgan fingerprint density at radius 2 is 1.34 bits per heavy atom. The van der Waals surface area contributed by atoms with Crippen LogP contribution in [0, 0.1) is 27.7 Å². The molecule has 2 amide bonds. The van der Waals surface area contributed by atoms with Crippen molar-refractivity contribution in [3.05, 3.63) is 83.0 Å². The van der Waals surface area contributed by atoms with Crippen molar-refractivity contribution in [2.45, 2.75) is 53.0 Å². The second-order valence-corrected chi connectivity index (χ2v) is 9.46. The summed E-state index contributed by atoms with van der Waals surface area (Å²) >= 11 is 0. The first-order valence-corrected chi connectivity index (χ1v) is 12.7. The number of epoxide rings is 2. The molecule has 204 valence electrons. The third-order valence-electron chi connectivity index (χ3n) is 6.23. The molecule has 0 aromatic heterocycles. The van der Waals surface area contributed by atoms with Gasteiger partial charge in [0.25, 0.3) is 0 Å². The monoisotopic (exact) mass is 522 g/mol. The Labute approximate surface area is 225 Å². The van der Waals surface area contributed by atoms with E-state index in [1.54, 1.807) is 0 Å². The molecule has 38 heavy (non-hydrogen) atoms. The van der Waals surface area contributed by atoms with E-state index >= 15 is 0 Å². The Morgan fingerprint density at radius 1 is 0.816 bits per heavy atom. The van der Waals surface area contributed by atoms with Crippen molar-refractivity contribution in [3.8, 4) is 11.5 Å². The Morgan fingerprint density at radius 3 is 1.87 bits per heavy atom. The van der Waals surface area contributed by atoms with Gasteiger partial charge in [0, 0.05) is 13.1 Å². The smallest absolute Gasteiger partial charge is 0.243 e. The van der Waals surface area contributed by atoms with Gasteiger partial charge in [0.05, 0.1) is 13.2 Å². The van der Waals surface area contributed by atoms with Gasteiger partial charge >= 0.3 is 0 Å². The van der Waals surface area contributed by atoms with Crippen LogP contribution >= 0.6 is 0 Å². The van der Waals surface area contributed by atoms with Crippen molar-refractivity contribution in [1.29, 1.82) is 0 Å². The molecule has 2 unspecified atom stereocenters. The van der Waals surface area contributed by atoms with Gasteiger partial charge in [-0.15, -0.1) is 0 Å². The summed E-state index contributed by atoms with van der Waals surface area (Å²) in [6.07, 6.45) is 3.06. The summed E-state index contributed by atoms with van der Waals surface area (Å²) in [5, 5.41) is 5.57. The zero-order valence-electron chi connectivity index (χ0n) is 22.7. The van der Waals surface area contributed by atoms with Gasteiger partial charge < -0.3 is 29.6 Å². The molecule has 2 fully saturated rings. The van der Waals surface area contributed by atoms with Crippen molar-refractivity contribution >= 4 is 11.8 Å². The molecule has 8 nitrogen and oxygen atoms in total. The maximum absolute atomic E-state index is 11.2. The molecular formula is C30H38N2O6. The van der Waals surface area contributed by atoms with Crippen molar-refractivity contribution in [3.63, 3.8) is 0 Å². The van der Waals surface area contributed by atoms with Crippen LogP contribution in [0.4, 0.5) is 0 Å². The fourth-order valence-electron chi connectivity index (χ4n) is 3.71. The first kappa shape index (κ1) is 28.9. The fourth-order valence-corrected chi connectivity index (χ4v) is 3.71. The van der Waals surface area contributed by atoms with E-state index in [4.69, 9.17) is 18.9 Å². The highest BCUT2D eigenvalue weighted by molar-refractivity contribution is 5.87. The maximum Gasteiger partial charge on any atom is 0.243 e. The summed E-state index contributed by atoms with van der Waals surface area (Å²) in [5.74, 6) is 1.41. The van der Waals surface area contributed by atoms with Crippen molar-refractivity contribution in [2.24, 2.45) is 0 Å². The highest BCUT2D eigenvalue weighted by Gasteiger charge is 2.24. The quantitative estimate of drug-likeness (QED) is 0.325. The lowest BCUT2D eigenvalue weighted by Crippen LogP contribution is -2.21. The summed E-state index contributed by atoms with van der Waals surface area (Å²) in [6, 6.07) is 8.03. The number of hydrogen-bond acceptors (Lipinski definition) is 6. The van der Waals surface area contributed by atoms with Gasteiger partial charge in [-0.1, -0.05) is 19.2 Å². The van der Waals surface area contributed by atoms with Crippen LogP contribution in [-0.2, 0) is 32.2 Å². The Kier molecular flexibility index (Phi) is 10.5. The molecule has 0 radical (unpaired) electrons. The molecule has 4 rings (SSSR count). The normalized spacial score (nSPS) is 16.8. The van der Waals surface area contributed by atoms with E-state index in [-0.39, 0.29) is 24.0 Å². The van der Waals surface area contributed by atoms with Crippen molar-refractivity contribution in [1.82, 2.24) is 10.6 Å². The zero-order chi connectivity index (χ0) is 27.7. The lowest BCUT2D eigenvalue weighted by molar-refractivity contribution is -0.117. The summed E-state index contributed by atoms with van der Waals surface area (Å²) in [6.45, 7) is 18.7. The largest absolute Gasteiger partial charge is 0.491 e. The van der Waals surface area contributed by atoms with Gasteiger partial charge in [0.15, 0.2) is 0 Å². The highest BCUT2D eigenvalue weighted by atomic mass is 16.6. The zero-order valence-corrected chi connectivity index (χ0v) is 22.7. The van der Waals surface area contributed by atoms with Crippen molar-refractivity contribution < 1.29 is 28.5 Å². The van der Waals surface area contributed by atoms with Gasteiger partial charge in [0.2, 0.25) is 11.8 Å². The molecule has 2 aromatic carbocycles. The third-order valence-corrected chi connectivity index (χ3v) is 6.23. The minimum atomic E-state index is -0.164. The molecule has 0 saturated carbocycles. The van der Waals surface area contributed by atoms with E-state index in [1.807, 2.05) is 52.0 Å². The lowest BCUT2D eigenvalue weighted by Gasteiger charge is -2.13. The van der Waals surface area contributed by atoms with Gasteiger partial charge in [-0.2, -0.15) is 0 Å². The van der Waals surface area contributed by atoms with E-state index in [0.717, 1.165) is 58.1 Å². The van der Waals surface area contributed by atoms with Crippen molar-refractivity contribution in [2.75, 3.05) is 26.4 Å². The second-order valence-electron chi connectivity index (χ2n) is 9.46. The van der Waals surface area contributed by atoms with Crippen LogP contribution in [0.1, 0.15) is 33.4 Å². The predicted octanol–water partition coefficient (Wildman–Crippen LogP) is 3.77. The lowest BCUT2D eigenvalue weighted by atomic mass is 10.0. The molecule has 0 bridgehead atoms. The molecule has 2 aliphatic rings. The number of nitrogens with one attached hydrogen (secondary N) is 2. The number of ether oxygens (including phenoxy) is 4. The summed E-state index contributed by atoms with van der Waals surface area (Å²) in [7, 11) is 0. The molecule has 2 N–H and O–H groups in total. The van der Waals surface area contributed by atoms with E-state index < -0.39 is 0 Å². The fraction of sp³-hybridized carbons (Fsp3) is 0.400. The van der Waals surface area contributed by atoms with Gasteiger partial charge in [0.1, 0.15) is 36.9 Å². The van der Waals surface area contributed by atoms with E-state index in [1.165, 1.54) is 12.2 Å². The predicted molar refractivity (Wildman–Crippen MR) is 146 cm³/mol. The minimum absolute atomic E-state index is 0.162. The Bertz CT molecular complexity index is 1140. The van der Waals surface area contributed by atoms with Gasteiger partial charge in [-0.3, -0.25) is 9.59 Å². The van der Waals surface area contributed by atoms with Crippen LogP contribution in [-0.4, -0.2) is 50.4 Å². The van der Waals surface area contributed by atoms with E-state index in [2.05, 4.69) is 23.8 Å². The molecule has 2 atom stereocenters. The topological polar surface area (TPSA) is 102 Å². The first-order valence-electron chi connectivity index (χ1n) is 12.7. The van der Waals surface area contributed by atoms with Crippen LogP contribution in [0.2, 0.25) is 0 Å². The van der Waals surface area contributed by atoms with E-state index in [0.29, 0.717) is 26.3 Å². The van der Waals surface area contributed by atoms with Crippen LogP contribution in [0.15, 0.2) is 49.6 Å². The number of benzene rings is 2. The highest BCUT2D eigenvalue weighted by Crippen LogP contribution is 2.25. The van der Waals surface area contributed by atoms with E-state index in [9.17, 15) is 9.59 Å². The molecule has 2 aliphatic heterocycles. The average molecular weight is 523 g/mol. The number of rotatable bonds is 12. The van der Waals surface area contributed by atoms with Crippen LogP contribution in [0.25, 0.3) is 0 Å². The Hall–Kier alpha value is -3.62. The summed E-state index contributed by atoms with van der Waals surface area (Å²) in [4.78, 5) is 22.4. The molecule has 0 spiro atoms.